The van der Waals surface area contributed by atoms with E-state index < -0.39 is 16.0 Å². The molecule has 0 aliphatic rings. The van der Waals surface area contributed by atoms with Crippen LogP contribution in [0.25, 0.3) is 0 Å². The van der Waals surface area contributed by atoms with E-state index in [1.54, 1.807) is 5.38 Å². The lowest BCUT2D eigenvalue weighted by Crippen LogP contribution is -1.94. The van der Waals surface area contributed by atoms with Gasteiger partial charge in [0.1, 0.15) is 10.8 Å². The van der Waals surface area contributed by atoms with E-state index in [1.165, 1.54) is 6.20 Å². The highest BCUT2D eigenvalue weighted by Crippen LogP contribution is 2.09. The van der Waals surface area contributed by atoms with E-state index in [4.69, 9.17) is 0 Å². The smallest absolute Gasteiger partial charge is 0.249 e. The number of halogens is 1. The summed E-state index contributed by atoms with van der Waals surface area (Å²) in [4.78, 5) is 3.60. The zero-order valence-corrected chi connectivity index (χ0v) is 6.45. The summed E-state index contributed by atoms with van der Waals surface area (Å²) in [5.74, 6) is -0.606. The maximum Gasteiger partial charge on any atom is 0.308 e. The fourth-order valence-electron chi connectivity index (χ4n) is 0.472. The van der Waals surface area contributed by atoms with Crippen LogP contribution in [-0.4, -0.2) is 13.4 Å². The molecule has 0 amide bonds. The highest BCUT2D eigenvalue weighted by Gasteiger charge is 2.09. The Kier molecular flexibility index (Phi) is 2.00. The third-order valence-electron chi connectivity index (χ3n) is 0.779. The molecule has 0 N–H and O–H groups in total. The van der Waals surface area contributed by atoms with E-state index in [9.17, 15) is 12.3 Å². The standard InChI is InChI=1S/C4H4FNO2S2/c5-10(7,8)3-4-6-1-2-9-4/h1-2H,3H2. The van der Waals surface area contributed by atoms with Crippen molar-refractivity contribution < 1.29 is 12.3 Å². The van der Waals surface area contributed by atoms with Gasteiger partial charge in [0.15, 0.2) is 0 Å². The highest BCUT2D eigenvalue weighted by molar-refractivity contribution is 7.85. The van der Waals surface area contributed by atoms with Gasteiger partial charge in [0.05, 0.1) is 0 Å². The van der Waals surface area contributed by atoms with E-state index in [2.05, 4.69) is 4.98 Å². The molecule has 0 fully saturated rings. The van der Waals surface area contributed by atoms with Crippen LogP contribution >= 0.6 is 11.3 Å². The minimum absolute atomic E-state index is 0.280. The minimum atomic E-state index is -4.40. The molecule has 1 rings (SSSR count). The van der Waals surface area contributed by atoms with Crippen molar-refractivity contribution in [2.45, 2.75) is 5.75 Å². The van der Waals surface area contributed by atoms with Gasteiger partial charge < -0.3 is 0 Å². The van der Waals surface area contributed by atoms with Crippen LogP contribution in [0.15, 0.2) is 11.6 Å². The predicted octanol–water partition coefficient (Wildman–Crippen LogP) is 0.942. The second kappa shape index (κ2) is 2.63. The summed E-state index contributed by atoms with van der Waals surface area (Å²) in [6, 6.07) is 0. The van der Waals surface area contributed by atoms with Crippen LogP contribution in [0.5, 0.6) is 0 Å². The van der Waals surface area contributed by atoms with Crippen LogP contribution in [-0.2, 0) is 16.0 Å². The van der Waals surface area contributed by atoms with Gasteiger partial charge in [-0.1, -0.05) is 0 Å². The van der Waals surface area contributed by atoms with Gasteiger partial charge in [0, 0.05) is 11.6 Å². The first-order chi connectivity index (χ1) is 4.58. The molecule has 56 valence electrons. The molecule has 3 nitrogen and oxygen atoms in total. The largest absolute Gasteiger partial charge is 0.308 e. The van der Waals surface area contributed by atoms with Gasteiger partial charge in [-0.15, -0.1) is 15.2 Å². The van der Waals surface area contributed by atoms with E-state index in [0.29, 0.717) is 0 Å². The Balaban J connectivity index is 2.75. The molecule has 1 aromatic rings. The lowest BCUT2D eigenvalue weighted by atomic mass is 10.8. The summed E-state index contributed by atoms with van der Waals surface area (Å²) in [6.45, 7) is 0. The average molecular weight is 181 g/mol. The molecule has 0 aliphatic carbocycles. The van der Waals surface area contributed by atoms with Gasteiger partial charge >= 0.3 is 10.2 Å². The predicted molar refractivity (Wildman–Crippen MR) is 35.8 cm³/mol. The van der Waals surface area contributed by atoms with Crippen molar-refractivity contribution in [2.75, 3.05) is 0 Å². The van der Waals surface area contributed by atoms with Crippen LogP contribution < -0.4 is 0 Å². The molecule has 0 bridgehead atoms. The molecule has 6 heteroatoms. The van der Waals surface area contributed by atoms with Crippen molar-refractivity contribution in [2.24, 2.45) is 0 Å². The molecular formula is C4H4FNO2S2. The summed E-state index contributed by atoms with van der Waals surface area (Å²) in [5.41, 5.74) is 0. The molecule has 0 aromatic carbocycles. The molecule has 0 atom stereocenters. The normalized spacial score (nSPS) is 11.7. The Morgan fingerprint density at radius 1 is 1.70 bits per heavy atom. The van der Waals surface area contributed by atoms with E-state index in [-0.39, 0.29) is 5.01 Å². The lowest BCUT2D eigenvalue weighted by molar-refractivity contribution is 0.551. The SMILES string of the molecule is O=S(=O)(F)Cc1nccs1. The van der Waals surface area contributed by atoms with Gasteiger partial charge in [0.2, 0.25) is 0 Å². The maximum absolute atomic E-state index is 11.9. The van der Waals surface area contributed by atoms with Crippen LogP contribution in [0.1, 0.15) is 5.01 Å². The molecular weight excluding hydrogens is 177 g/mol. The zero-order chi connectivity index (χ0) is 7.61. The van der Waals surface area contributed by atoms with Gasteiger partial charge in [-0.25, -0.2) is 4.98 Å². The monoisotopic (exact) mass is 181 g/mol. The molecule has 1 heterocycles. The van der Waals surface area contributed by atoms with Crippen molar-refractivity contribution in [3.8, 4) is 0 Å². The summed E-state index contributed by atoms with van der Waals surface area (Å²) >= 11 is 1.12. The molecule has 0 radical (unpaired) electrons. The molecule has 0 aliphatic heterocycles. The summed E-state index contributed by atoms with van der Waals surface area (Å²) in [7, 11) is -4.40. The Hall–Kier alpha value is -0.490. The van der Waals surface area contributed by atoms with Crippen molar-refractivity contribution in [1.82, 2.24) is 4.98 Å². The van der Waals surface area contributed by atoms with E-state index >= 15 is 0 Å². The molecule has 0 saturated carbocycles. The molecule has 1 aromatic heterocycles. The third-order valence-corrected chi connectivity index (χ3v) is 2.36. The number of hydrogen-bond donors (Lipinski definition) is 0. The number of rotatable bonds is 2. The summed E-state index contributed by atoms with van der Waals surface area (Å²) < 4.78 is 31.9. The number of thiazole rings is 1. The summed E-state index contributed by atoms with van der Waals surface area (Å²) in [5, 5.41) is 1.88. The molecule has 0 unspecified atom stereocenters. The first-order valence-corrected chi connectivity index (χ1v) is 4.82. The quantitative estimate of drug-likeness (QED) is 0.638. The Morgan fingerprint density at radius 3 is 2.80 bits per heavy atom. The molecule has 0 saturated heterocycles. The van der Waals surface area contributed by atoms with Crippen molar-refractivity contribution in [1.29, 1.82) is 0 Å². The van der Waals surface area contributed by atoms with Gasteiger partial charge in [0.25, 0.3) is 0 Å². The van der Waals surface area contributed by atoms with E-state index in [0.717, 1.165) is 11.3 Å². The van der Waals surface area contributed by atoms with Gasteiger partial charge in [-0.3, -0.25) is 0 Å². The van der Waals surface area contributed by atoms with Crippen LogP contribution in [0.3, 0.4) is 0 Å². The zero-order valence-electron chi connectivity index (χ0n) is 4.82. The fraction of sp³-hybridized carbons (Fsp3) is 0.250. The number of nitrogens with zero attached hydrogens (tertiary/aromatic N) is 1. The number of aromatic nitrogens is 1. The first-order valence-electron chi connectivity index (χ1n) is 2.38. The second-order valence-electron chi connectivity index (χ2n) is 1.61. The van der Waals surface area contributed by atoms with Crippen molar-refractivity contribution in [3.63, 3.8) is 0 Å². The highest BCUT2D eigenvalue weighted by atomic mass is 32.3. The minimum Gasteiger partial charge on any atom is -0.249 e. The molecule has 10 heavy (non-hydrogen) atoms. The first kappa shape index (κ1) is 7.62. The Morgan fingerprint density at radius 2 is 2.40 bits per heavy atom. The maximum atomic E-state index is 11.9. The van der Waals surface area contributed by atoms with Crippen LogP contribution in [0.2, 0.25) is 0 Å². The van der Waals surface area contributed by atoms with Crippen LogP contribution in [0, 0.1) is 0 Å². The fourth-order valence-corrected chi connectivity index (χ4v) is 1.94. The lowest BCUT2D eigenvalue weighted by Gasteiger charge is -1.85. The average Bonchev–Trinajstić information content (AvgIpc) is 2.12. The van der Waals surface area contributed by atoms with Crippen molar-refractivity contribution >= 4 is 21.6 Å². The Labute approximate surface area is 61.7 Å². The van der Waals surface area contributed by atoms with Crippen LogP contribution in [0.4, 0.5) is 3.89 Å². The van der Waals surface area contributed by atoms with E-state index in [1.807, 2.05) is 0 Å². The molecule has 0 spiro atoms. The topological polar surface area (TPSA) is 47.0 Å². The number of hydrogen-bond acceptors (Lipinski definition) is 4. The van der Waals surface area contributed by atoms with Gasteiger partial charge in [-0.2, -0.15) is 8.42 Å². The van der Waals surface area contributed by atoms with Gasteiger partial charge in [-0.05, 0) is 0 Å². The van der Waals surface area contributed by atoms with Crippen molar-refractivity contribution in [3.05, 3.63) is 16.6 Å². The summed E-state index contributed by atoms with van der Waals surface area (Å²) in [6.07, 6.45) is 1.44. The third kappa shape index (κ3) is 2.40. The second-order valence-corrected chi connectivity index (χ2v) is 3.95. The Bertz CT molecular complexity index is 291.